The molecule has 0 aliphatic rings. The maximum absolute atomic E-state index is 12.0. The second-order valence-electron chi connectivity index (χ2n) is 5.33. The number of unbranched alkanes of at least 4 members (excludes halogenated alkanes) is 1. The summed E-state index contributed by atoms with van der Waals surface area (Å²) in [6.07, 6.45) is 1.79. The Labute approximate surface area is 131 Å². The van der Waals surface area contributed by atoms with E-state index in [2.05, 4.69) is 12.2 Å². The maximum atomic E-state index is 12.0. The molecule has 0 unspecified atom stereocenters. The van der Waals surface area contributed by atoms with Crippen molar-refractivity contribution in [3.8, 4) is 0 Å². The van der Waals surface area contributed by atoms with Gasteiger partial charge in [0.2, 0.25) is 11.8 Å². The Bertz CT molecular complexity index is 506. The minimum Gasteiger partial charge on any atom is -0.345 e. The van der Waals surface area contributed by atoms with Crippen molar-refractivity contribution in [2.24, 2.45) is 0 Å². The van der Waals surface area contributed by atoms with Gasteiger partial charge in [-0.15, -0.1) is 0 Å². The van der Waals surface area contributed by atoms with Gasteiger partial charge in [0.15, 0.2) is 0 Å². The van der Waals surface area contributed by atoms with Crippen molar-refractivity contribution < 1.29 is 9.59 Å². The minimum absolute atomic E-state index is 0.163. The Morgan fingerprint density at radius 1 is 1.29 bits per heavy atom. The third kappa shape index (κ3) is 5.38. The van der Waals surface area contributed by atoms with Crippen LogP contribution in [0.15, 0.2) is 12.1 Å². The van der Waals surface area contributed by atoms with Crippen LogP contribution in [0.5, 0.6) is 0 Å². The van der Waals surface area contributed by atoms with Crippen molar-refractivity contribution in [2.75, 3.05) is 18.9 Å². The van der Waals surface area contributed by atoms with E-state index in [-0.39, 0.29) is 18.2 Å². The topological polar surface area (TPSA) is 49.4 Å². The van der Waals surface area contributed by atoms with Gasteiger partial charge in [-0.25, -0.2) is 0 Å². The summed E-state index contributed by atoms with van der Waals surface area (Å²) < 4.78 is 0. The van der Waals surface area contributed by atoms with Crippen LogP contribution in [0.3, 0.4) is 0 Å². The van der Waals surface area contributed by atoms with E-state index in [1.165, 1.54) is 0 Å². The predicted molar refractivity (Wildman–Crippen MR) is 86.7 cm³/mol. The van der Waals surface area contributed by atoms with Gasteiger partial charge in [0.25, 0.3) is 0 Å². The van der Waals surface area contributed by atoms with Crippen molar-refractivity contribution in [1.29, 1.82) is 0 Å². The first-order chi connectivity index (χ1) is 9.85. The largest absolute Gasteiger partial charge is 0.345 e. The molecule has 2 amide bonds. The number of benzene rings is 1. The number of anilines is 1. The summed E-state index contributed by atoms with van der Waals surface area (Å²) in [6.45, 7) is 6.56. The molecule has 0 saturated carbocycles. The first kappa shape index (κ1) is 17.5. The molecule has 0 spiro atoms. The van der Waals surface area contributed by atoms with Crippen LogP contribution >= 0.6 is 11.6 Å². The average molecular weight is 311 g/mol. The lowest BCUT2D eigenvalue weighted by atomic mass is 10.1. The Morgan fingerprint density at radius 3 is 2.52 bits per heavy atom. The molecule has 0 bridgehead atoms. The first-order valence-electron chi connectivity index (χ1n) is 7.15. The van der Waals surface area contributed by atoms with Gasteiger partial charge in [0, 0.05) is 13.6 Å². The van der Waals surface area contributed by atoms with Crippen LogP contribution in [0.4, 0.5) is 5.69 Å². The minimum atomic E-state index is -0.336. The lowest BCUT2D eigenvalue weighted by Gasteiger charge is -2.17. The second kappa shape index (κ2) is 8.03. The Balaban J connectivity index is 2.64. The molecular formula is C16H23ClN2O2. The highest BCUT2D eigenvalue weighted by Crippen LogP contribution is 2.27. The molecule has 5 heteroatoms. The van der Waals surface area contributed by atoms with E-state index >= 15 is 0 Å². The third-order valence-corrected chi connectivity index (χ3v) is 3.58. The molecule has 1 rings (SSSR count). The molecule has 1 aromatic carbocycles. The van der Waals surface area contributed by atoms with Crippen LogP contribution in [0.25, 0.3) is 0 Å². The van der Waals surface area contributed by atoms with Crippen LogP contribution in [-0.4, -0.2) is 30.3 Å². The summed E-state index contributed by atoms with van der Waals surface area (Å²) in [5.41, 5.74) is 2.50. The number of carbonyl (C=O) groups excluding carboxylic acids is 2. The number of halogens is 1. The fourth-order valence-corrected chi connectivity index (χ4v) is 2.42. The molecule has 0 radical (unpaired) electrons. The molecule has 21 heavy (non-hydrogen) atoms. The molecule has 0 aromatic heterocycles. The van der Waals surface area contributed by atoms with E-state index in [9.17, 15) is 9.59 Å². The van der Waals surface area contributed by atoms with Gasteiger partial charge in [-0.1, -0.05) is 31.0 Å². The number of nitrogens with one attached hydrogen (secondary N) is 1. The van der Waals surface area contributed by atoms with E-state index in [1.54, 1.807) is 18.0 Å². The van der Waals surface area contributed by atoms with Crippen molar-refractivity contribution in [2.45, 2.75) is 40.0 Å². The summed E-state index contributed by atoms with van der Waals surface area (Å²) >= 11 is 6.14. The average Bonchev–Trinajstić information content (AvgIpc) is 2.39. The van der Waals surface area contributed by atoms with Gasteiger partial charge < -0.3 is 10.2 Å². The van der Waals surface area contributed by atoms with Gasteiger partial charge in [0.1, 0.15) is 6.42 Å². The lowest BCUT2D eigenvalue weighted by Crippen LogP contribution is -2.31. The normalized spacial score (nSPS) is 10.3. The molecule has 0 saturated heterocycles. The van der Waals surface area contributed by atoms with E-state index in [1.807, 2.05) is 19.9 Å². The summed E-state index contributed by atoms with van der Waals surface area (Å²) in [6, 6.07) is 3.73. The van der Waals surface area contributed by atoms with Crippen LogP contribution in [0.1, 0.15) is 37.3 Å². The second-order valence-corrected chi connectivity index (χ2v) is 5.74. The van der Waals surface area contributed by atoms with E-state index in [0.717, 1.165) is 24.0 Å². The summed E-state index contributed by atoms with van der Waals surface area (Å²) in [5, 5.41) is 3.22. The maximum Gasteiger partial charge on any atom is 0.233 e. The van der Waals surface area contributed by atoms with Crippen LogP contribution in [0, 0.1) is 13.8 Å². The zero-order valence-electron chi connectivity index (χ0n) is 13.1. The van der Waals surface area contributed by atoms with Crippen LogP contribution < -0.4 is 5.32 Å². The molecule has 116 valence electrons. The molecular weight excluding hydrogens is 288 g/mol. The molecule has 0 aliphatic carbocycles. The Morgan fingerprint density at radius 2 is 1.95 bits per heavy atom. The molecule has 0 fully saturated rings. The standard InChI is InChI=1S/C16H23ClN2O2/c1-5-6-7-19(4)15(21)10-14(20)18-16-12(3)8-11(2)9-13(16)17/h8-9H,5-7,10H2,1-4H3,(H,18,20). The number of hydrogen-bond acceptors (Lipinski definition) is 2. The monoisotopic (exact) mass is 310 g/mol. The zero-order valence-corrected chi connectivity index (χ0v) is 13.9. The van der Waals surface area contributed by atoms with Gasteiger partial charge in [-0.3, -0.25) is 9.59 Å². The molecule has 0 atom stereocenters. The van der Waals surface area contributed by atoms with Crippen LogP contribution in [-0.2, 0) is 9.59 Å². The van der Waals surface area contributed by atoms with Gasteiger partial charge in [0.05, 0.1) is 10.7 Å². The van der Waals surface area contributed by atoms with Crippen LogP contribution in [0.2, 0.25) is 5.02 Å². The molecule has 4 nitrogen and oxygen atoms in total. The number of nitrogens with zero attached hydrogens (tertiary/aromatic N) is 1. The molecule has 1 aromatic rings. The molecule has 1 N–H and O–H groups in total. The van der Waals surface area contributed by atoms with E-state index < -0.39 is 0 Å². The Kier molecular flexibility index (Phi) is 6.69. The number of carbonyl (C=O) groups is 2. The summed E-state index contributed by atoms with van der Waals surface area (Å²) in [7, 11) is 1.72. The zero-order chi connectivity index (χ0) is 16.0. The van der Waals surface area contributed by atoms with Gasteiger partial charge in [-0.2, -0.15) is 0 Å². The van der Waals surface area contributed by atoms with Gasteiger partial charge >= 0.3 is 0 Å². The lowest BCUT2D eigenvalue weighted by molar-refractivity contribution is -0.133. The first-order valence-corrected chi connectivity index (χ1v) is 7.53. The molecule has 0 heterocycles. The van der Waals surface area contributed by atoms with Crippen molar-refractivity contribution >= 4 is 29.1 Å². The SMILES string of the molecule is CCCCN(C)C(=O)CC(=O)Nc1c(C)cc(C)cc1Cl. The van der Waals surface area contributed by atoms with Crippen molar-refractivity contribution in [3.63, 3.8) is 0 Å². The highest BCUT2D eigenvalue weighted by atomic mass is 35.5. The Hall–Kier alpha value is -1.55. The highest BCUT2D eigenvalue weighted by Gasteiger charge is 2.15. The third-order valence-electron chi connectivity index (χ3n) is 3.28. The number of amides is 2. The fourth-order valence-electron chi connectivity index (χ4n) is 2.05. The number of rotatable bonds is 6. The number of hydrogen-bond donors (Lipinski definition) is 1. The quantitative estimate of drug-likeness (QED) is 0.817. The summed E-state index contributed by atoms with van der Waals surface area (Å²) in [4.78, 5) is 25.5. The van der Waals surface area contributed by atoms with Crippen molar-refractivity contribution in [1.82, 2.24) is 4.90 Å². The highest BCUT2D eigenvalue weighted by molar-refractivity contribution is 6.34. The van der Waals surface area contributed by atoms with E-state index in [4.69, 9.17) is 11.6 Å². The predicted octanol–water partition coefficient (Wildman–Crippen LogP) is 3.54. The molecule has 0 aliphatic heterocycles. The number of aryl methyl sites for hydroxylation is 2. The smallest absolute Gasteiger partial charge is 0.233 e. The van der Waals surface area contributed by atoms with Crippen molar-refractivity contribution in [3.05, 3.63) is 28.3 Å². The van der Waals surface area contributed by atoms with E-state index in [0.29, 0.717) is 17.3 Å². The fraction of sp³-hybridized carbons (Fsp3) is 0.500. The summed E-state index contributed by atoms with van der Waals surface area (Å²) in [5.74, 6) is -0.515. The van der Waals surface area contributed by atoms with Gasteiger partial charge in [-0.05, 0) is 37.5 Å².